The zero-order valence-corrected chi connectivity index (χ0v) is 16.4. The van der Waals surface area contributed by atoms with E-state index >= 15 is 0 Å². The van der Waals surface area contributed by atoms with Crippen LogP contribution in [0.25, 0.3) is 0 Å². The predicted molar refractivity (Wildman–Crippen MR) is 95.5 cm³/mol. The van der Waals surface area contributed by atoms with Crippen molar-refractivity contribution in [2.24, 2.45) is 23.2 Å². The van der Waals surface area contributed by atoms with E-state index in [0.717, 1.165) is 0 Å². The summed E-state index contributed by atoms with van der Waals surface area (Å²) in [6, 6.07) is 3.73. The summed E-state index contributed by atoms with van der Waals surface area (Å²) in [6.45, 7) is 11.6. The van der Waals surface area contributed by atoms with Gasteiger partial charge in [0.25, 0.3) is 0 Å². The van der Waals surface area contributed by atoms with Crippen LogP contribution >= 0.6 is 0 Å². The Bertz CT molecular complexity index is 371. The summed E-state index contributed by atoms with van der Waals surface area (Å²) in [5.41, 5.74) is 0.332. The van der Waals surface area contributed by atoms with Gasteiger partial charge in [0.15, 0.2) is 8.32 Å². The molecule has 0 heterocycles. The Morgan fingerprint density at radius 2 is 1.82 bits per heavy atom. The Balaban J connectivity index is 2.17. The average molecular weight is 325 g/mol. The first-order chi connectivity index (χ1) is 10.5. The molecule has 0 saturated heterocycles. The van der Waals surface area contributed by atoms with Crippen molar-refractivity contribution in [3.8, 4) is 0 Å². The van der Waals surface area contributed by atoms with Gasteiger partial charge in [0.2, 0.25) is 0 Å². The highest BCUT2D eigenvalue weighted by Crippen LogP contribution is 2.58. The van der Waals surface area contributed by atoms with Crippen LogP contribution in [0.4, 0.5) is 0 Å². The molecule has 128 valence electrons. The van der Waals surface area contributed by atoms with Gasteiger partial charge >= 0.3 is 0 Å². The fraction of sp³-hybridized carbons (Fsp3) is 0.947. The van der Waals surface area contributed by atoms with Crippen LogP contribution in [0.3, 0.4) is 0 Å². The molecule has 0 amide bonds. The Morgan fingerprint density at radius 3 is 2.36 bits per heavy atom. The molecule has 1 unspecified atom stereocenters. The van der Waals surface area contributed by atoms with Crippen molar-refractivity contribution in [2.75, 3.05) is 0 Å². The number of aldehydes is 1. The molecule has 3 heteroatoms. The van der Waals surface area contributed by atoms with Gasteiger partial charge < -0.3 is 9.22 Å². The lowest BCUT2D eigenvalue weighted by atomic mass is 9.62. The summed E-state index contributed by atoms with van der Waals surface area (Å²) in [7, 11) is -1.52. The van der Waals surface area contributed by atoms with Crippen molar-refractivity contribution in [3.05, 3.63) is 0 Å². The van der Waals surface area contributed by atoms with Crippen LogP contribution in [0.15, 0.2) is 0 Å². The van der Waals surface area contributed by atoms with Gasteiger partial charge in [-0.2, -0.15) is 0 Å². The van der Waals surface area contributed by atoms with Crippen molar-refractivity contribution >= 4 is 14.6 Å². The number of hydrogen-bond donors (Lipinski definition) is 0. The van der Waals surface area contributed by atoms with Crippen molar-refractivity contribution in [3.63, 3.8) is 0 Å². The summed E-state index contributed by atoms with van der Waals surface area (Å²) in [4.78, 5) is 11.3. The molecule has 0 N–H and O–H groups in total. The molecule has 2 aliphatic rings. The third kappa shape index (κ3) is 3.08. The van der Waals surface area contributed by atoms with Gasteiger partial charge in [-0.05, 0) is 61.1 Å². The minimum absolute atomic E-state index is 0.208. The van der Waals surface area contributed by atoms with E-state index in [2.05, 4.69) is 34.6 Å². The number of carbonyl (C=O) groups is 1. The molecule has 2 saturated carbocycles. The lowest BCUT2D eigenvalue weighted by molar-refractivity contribution is -0.114. The van der Waals surface area contributed by atoms with Crippen LogP contribution in [0.1, 0.15) is 66.7 Å². The van der Waals surface area contributed by atoms with Crippen LogP contribution in [0.2, 0.25) is 18.1 Å². The average Bonchev–Trinajstić information content (AvgIpc) is 2.90. The van der Waals surface area contributed by atoms with Gasteiger partial charge in [0, 0.05) is 12.0 Å². The summed E-state index contributed by atoms with van der Waals surface area (Å²) in [5.74, 6) is 1.46. The Morgan fingerprint density at radius 1 is 1.18 bits per heavy atom. The number of carbonyl (C=O) groups excluding carboxylic acids is 1. The van der Waals surface area contributed by atoms with Crippen LogP contribution in [0.5, 0.6) is 0 Å². The lowest BCUT2D eigenvalue weighted by Crippen LogP contribution is -2.48. The largest absolute Gasteiger partial charge is 0.414 e. The van der Waals surface area contributed by atoms with Crippen molar-refractivity contribution in [1.29, 1.82) is 0 Å². The van der Waals surface area contributed by atoms with Crippen LogP contribution in [-0.2, 0) is 9.22 Å². The third-order valence-corrected chi connectivity index (χ3v) is 12.0. The van der Waals surface area contributed by atoms with Crippen LogP contribution < -0.4 is 0 Å². The second-order valence-electron chi connectivity index (χ2n) is 8.08. The maximum absolute atomic E-state index is 11.3. The molecule has 0 aliphatic heterocycles. The highest BCUT2D eigenvalue weighted by Gasteiger charge is 2.53. The molecular weight excluding hydrogens is 288 g/mol. The highest BCUT2D eigenvalue weighted by atomic mass is 28.4. The van der Waals surface area contributed by atoms with E-state index in [0.29, 0.717) is 23.4 Å². The van der Waals surface area contributed by atoms with Gasteiger partial charge in [-0.3, -0.25) is 0 Å². The molecule has 2 aliphatic carbocycles. The molecular formula is C19H36O2Si. The second kappa shape index (κ2) is 7.17. The fourth-order valence-corrected chi connectivity index (χ4v) is 8.51. The molecule has 0 spiro atoms. The fourth-order valence-electron chi connectivity index (χ4n) is 5.58. The van der Waals surface area contributed by atoms with Gasteiger partial charge in [-0.25, -0.2) is 0 Å². The van der Waals surface area contributed by atoms with E-state index < -0.39 is 8.32 Å². The molecule has 0 bridgehead atoms. The maximum atomic E-state index is 11.3. The maximum Gasteiger partial charge on any atom is 0.192 e. The van der Waals surface area contributed by atoms with E-state index in [1.165, 1.54) is 56.5 Å². The molecule has 2 fully saturated rings. The Labute approximate surface area is 138 Å². The zero-order chi connectivity index (χ0) is 16.4. The minimum Gasteiger partial charge on any atom is -0.414 e. The van der Waals surface area contributed by atoms with Crippen molar-refractivity contribution in [1.82, 2.24) is 0 Å². The standard InChI is InChI=1S/C19H36O2Si/c1-6-22(7-2,8-3)21-18-10-9-13-19(5)16(15(4)14-20)11-12-17(18)19/h14-18H,6-13H2,1-5H3/t15-,16?,17+,18+,19-/m1/s1. The summed E-state index contributed by atoms with van der Waals surface area (Å²) >= 11 is 0. The van der Waals surface area contributed by atoms with Gasteiger partial charge in [0.05, 0.1) is 0 Å². The number of rotatable bonds is 7. The monoisotopic (exact) mass is 324 g/mol. The molecule has 0 radical (unpaired) electrons. The van der Waals surface area contributed by atoms with E-state index in [1.54, 1.807) is 0 Å². The molecule has 5 atom stereocenters. The topological polar surface area (TPSA) is 26.3 Å². The first kappa shape index (κ1) is 18.2. The van der Waals surface area contributed by atoms with Crippen LogP contribution in [0, 0.1) is 23.2 Å². The summed E-state index contributed by atoms with van der Waals surface area (Å²) < 4.78 is 6.92. The second-order valence-corrected chi connectivity index (χ2v) is 12.8. The van der Waals surface area contributed by atoms with E-state index in [9.17, 15) is 4.79 Å². The number of hydrogen-bond acceptors (Lipinski definition) is 2. The highest BCUT2D eigenvalue weighted by molar-refractivity contribution is 6.73. The first-order valence-electron chi connectivity index (χ1n) is 9.59. The van der Waals surface area contributed by atoms with Crippen molar-refractivity contribution in [2.45, 2.75) is 91.0 Å². The minimum atomic E-state index is -1.52. The van der Waals surface area contributed by atoms with E-state index in [-0.39, 0.29) is 5.92 Å². The Kier molecular flexibility index (Phi) is 5.93. The Hall–Kier alpha value is -0.153. The lowest BCUT2D eigenvalue weighted by Gasteiger charge is -2.48. The zero-order valence-electron chi connectivity index (χ0n) is 15.4. The van der Waals surface area contributed by atoms with Crippen molar-refractivity contribution < 1.29 is 9.22 Å². The van der Waals surface area contributed by atoms with Gasteiger partial charge in [-0.1, -0.05) is 41.0 Å². The molecule has 0 aromatic rings. The molecule has 2 rings (SSSR count). The van der Waals surface area contributed by atoms with Gasteiger partial charge in [0.1, 0.15) is 6.29 Å². The number of fused-ring (bicyclic) bond motifs is 1. The smallest absolute Gasteiger partial charge is 0.192 e. The normalized spacial score (nSPS) is 36.9. The summed E-state index contributed by atoms with van der Waals surface area (Å²) in [6.07, 6.45) is 7.96. The molecule has 0 aromatic carbocycles. The molecule has 22 heavy (non-hydrogen) atoms. The van der Waals surface area contributed by atoms with Crippen LogP contribution in [-0.4, -0.2) is 20.7 Å². The third-order valence-electron chi connectivity index (χ3n) is 7.32. The first-order valence-corrected chi connectivity index (χ1v) is 12.1. The van der Waals surface area contributed by atoms with E-state index in [1.807, 2.05) is 0 Å². The van der Waals surface area contributed by atoms with Gasteiger partial charge in [-0.15, -0.1) is 0 Å². The SMILES string of the molecule is CC[Si](CC)(CC)O[C@H]1CCC[C@]2(C)C([C@H](C)C=O)CC[C@@H]12. The summed E-state index contributed by atoms with van der Waals surface area (Å²) in [5, 5.41) is 0. The predicted octanol–water partition coefficient (Wildman–Crippen LogP) is 5.43. The quantitative estimate of drug-likeness (QED) is 0.461. The molecule has 0 aromatic heterocycles. The van der Waals surface area contributed by atoms with E-state index in [4.69, 9.17) is 4.43 Å². The molecule has 2 nitrogen and oxygen atoms in total.